The third kappa shape index (κ3) is 2.53. The van der Waals surface area contributed by atoms with E-state index < -0.39 is 5.41 Å². The summed E-state index contributed by atoms with van der Waals surface area (Å²) in [4.78, 5) is 20.2. The molecule has 1 N–H and O–H groups in total. The van der Waals surface area contributed by atoms with Crippen molar-refractivity contribution in [1.29, 1.82) is 0 Å². The molecule has 0 aliphatic rings. The van der Waals surface area contributed by atoms with E-state index in [1.807, 2.05) is 44.2 Å². The summed E-state index contributed by atoms with van der Waals surface area (Å²) >= 11 is 0. The van der Waals surface area contributed by atoms with Gasteiger partial charge >= 0.3 is 0 Å². The number of aromatic nitrogens is 2. The maximum absolute atomic E-state index is 12.2. The minimum absolute atomic E-state index is 0.125. The number of nitrogens with zero attached hydrogens (tertiary/aromatic N) is 2. The van der Waals surface area contributed by atoms with Crippen LogP contribution in [0.2, 0.25) is 0 Å². The summed E-state index contributed by atoms with van der Waals surface area (Å²) in [6.07, 6.45) is 3.19. The summed E-state index contributed by atoms with van der Waals surface area (Å²) in [5, 5.41) is 2.72. The van der Waals surface area contributed by atoms with Crippen LogP contribution in [0.5, 0.6) is 0 Å². The molecule has 0 radical (unpaired) electrons. The molecule has 0 spiro atoms. The van der Waals surface area contributed by atoms with Gasteiger partial charge in [0, 0.05) is 12.4 Å². The molecule has 18 heavy (non-hydrogen) atoms. The molecular weight excluding hydrogens is 226 g/mol. The van der Waals surface area contributed by atoms with Crippen LogP contribution in [0.3, 0.4) is 0 Å². The highest BCUT2D eigenvalue weighted by molar-refractivity contribution is 5.97. The molecule has 0 saturated heterocycles. The molecule has 0 atom stereocenters. The van der Waals surface area contributed by atoms with Crippen LogP contribution in [0.25, 0.3) is 0 Å². The van der Waals surface area contributed by atoms with Gasteiger partial charge in [-0.2, -0.15) is 0 Å². The Kier molecular flexibility index (Phi) is 3.37. The van der Waals surface area contributed by atoms with Crippen molar-refractivity contribution in [3.8, 4) is 0 Å². The number of anilines is 1. The second kappa shape index (κ2) is 4.96. The van der Waals surface area contributed by atoms with Crippen LogP contribution in [-0.2, 0) is 10.2 Å². The predicted octanol–water partition coefficient (Wildman–Crippen LogP) is 2.39. The van der Waals surface area contributed by atoms with E-state index in [1.165, 1.54) is 0 Å². The van der Waals surface area contributed by atoms with Gasteiger partial charge < -0.3 is 0 Å². The number of carbonyl (C=O) groups excluding carboxylic acids is 1. The monoisotopic (exact) mass is 241 g/mol. The zero-order chi connectivity index (χ0) is 13.0. The number of amides is 1. The molecule has 0 saturated carbocycles. The summed E-state index contributed by atoms with van der Waals surface area (Å²) in [6.45, 7) is 3.75. The molecule has 1 heterocycles. The van der Waals surface area contributed by atoms with Crippen molar-refractivity contribution in [2.45, 2.75) is 19.3 Å². The molecule has 92 valence electrons. The van der Waals surface area contributed by atoms with Crippen molar-refractivity contribution in [2.75, 3.05) is 5.32 Å². The minimum Gasteiger partial charge on any atom is -0.294 e. The normalized spacial score (nSPS) is 11.0. The van der Waals surface area contributed by atoms with E-state index in [1.54, 1.807) is 18.5 Å². The fourth-order valence-electron chi connectivity index (χ4n) is 1.61. The zero-order valence-electron chi connectivity index (χ0n) is 10.4. The van der Waals surface area contributed by atoms with Gasteiger partial charge in [0.1, 0.15) is 0 Å². The maximum Gasteiger partial charge on any atom is 0.236 e. The van der Waals surface area contributed by atoms with Crippen molar-refractivity contribution in [3.05, 3.63) is 54.4 Å². The van der Waals surface area contributed by atoms with Gasteiger partial charge in [0.05, 0.1) is 5.41 Å². The van der Waals surface area contributed by atoms with E-state index in [9.17, 15) is 4.79 Å². The number of hydrogen-bond acceptors (Lipinski definition) is 3. The maximum atomic E-state index is 12.2. The van der Waals surface area contributed by atoms with Crippen LogP contribution in [0.4, 0.5) is 5.95 Å². The predicted molar refractivity (Wildman–Crippen MR) is 70.1 cm³/mol. The van der Waals surface area contributed by atoms with Gasteiger partial charge in [0.2, 0.25) is 11.9 Å². The Morgan fingerprint density at radius 3 is 2.28 bits per heavy atom. The summed E-state index contributed by atoms with van der Waals surface area (Å²) in [6, 6.07) is 11.3. The largest absolute Gasteiger partial charge is 0.294 e. The summed E-state index contributed by atoms with van der Waals surface area (Å²) < 4.78 is 0. The lowest BCUT2D eigenvalue weighted by molar-refractivity contribution is -0.120. The van der Waals surface area contributed by atoms with Gasteiger partial charge in [-0.25, -0.2) is 9.97 Å². The highest BCUT2D eigenvalue weighted by Crippen LogP contribution is 2.24. The third-order valence-electron chi connectivity index (χ3n) is 2.85. The average molecular weight is 241 g/mol. The topological polar surface area (TPSA) is 54.9 Å². The Balaban J connectivity index is 2.18. The van der Waals surface area contributed by atoms with Crippen LogP contribution < -0.4 is 5.32 Å². The lowest BCUT2D eigenvalue weighted by Gasteiger charge is -2.23. The molecule has 1 aromatic heterocycles. The molecule has 4 nitrogen and oxygen atoms in total. The molecule has 1 amide bonds. The fraction of sp³-hybridized carbons (Fsp3) is 0.214. The SMILES string of the molecule is CC(C)(C(=O)Nc1ncccn1)c1ccccc1. The summed E-state index contributed by atoms with van der Waals surface area (Å²) in [7, 11) is 0. The van der Waals surface area contributed by atoms with Crippen molar-refractivity contribution in [3.63, 3.8) is 0 Å². The first-order chi connectivity index (χ1) is 8.60. The van der Waals surface area contributed by atoms with Gasteiger partial charge in [-0.3, -0.25) is 10.1 Å². The number of hydrogen-bond donors (Lipinski definition) is 1. The van der Waals surface area contributed by atoms with E-state index in [2.05, 4.69) is 15.3 Å². The summed E-state index contributed by atoms with van der Waals surface area (Å²) in [5.74, 6) is 0.200. The van der Waals surface area contributed by atoms with Crippen LogP contribution in [0.15, 0.2) is 48.8 Å². The van der Waals surface area contributed by atoms with Crippen molar-refractivity contribution >= 4 is 11.9 Å². The average Bonchev–Trinajstić information content (AvgIpc) is 2.41. The molecular formula is C14H15N3O. The van der Waals surface area contributed by atoms with E-state index in [-0.39, 0.29) is 5.91 Å². The molecule has 1 aromatic carbocycles. The number of nitrogens with one attached hydrogen (secondary N) is 1. The molecule has 2 rings (SSSR count). The molecule has 0 bridgehead atoms. The number of benzene rings is 1. The first-order valence-corrected chi connectivity index (χ1v) is 5.75. The van der Waals surface area contributed by atoms with E-state index in [4.69, 9.17) is 0 Å². The molecule has 0 unspecified atom stereocenters. The Morgan fingerprint density at radius 2 is 1.67 bits per heavy atom. The molecule has 0 fully saturated rings. The molecule has 2 aromatic rings. The first-order valence-electron chi connectivity index (χ1n) is 5.75. The smallest absolute Gasteiger partial charge is 0.236 e. The standard InChI is InChI=1S/C14H15N3O/c1-14(2,11-7-4-3-5-8-11)12(18)17-13-15-9-6-10-16-13/h3-10H,1-2H3,(H,15,16,17,18). The van der Waals surface area contributed by atoms with Crippen molar-refractivity contribution < 1.29 is 4.79 Å². The van der Waals surface area contributed by atoms with E-state index in [0.29, 0.717) is 5.95 Å². The molecule has 0 aliphatic carbocycles. The van der Waals surface area contributed by atoms with Crippen LogP contribution in [0.1, 0.15) is 19.4 Å². The molecule has 4 heteroatoms. The minimum atomic E-state index is -0.625. The Morgan fingerprint density at radius 1 is 1.06 bits per heavy atom. The second-order valence-electron chi connectivity index (χ2n) is 4.52. The van der Waals surface area contributed by atoms with Gasteiger partial charge in [-0.15, -0.1) is 0 Å². The Bertz CT molecular complexity index is 523. The lowest BCUT2D eigenvalue weighted by Crippen LogP contribution is -2.35. The third-order valence-corrected chi connectivity index (χ3v) is 2.85. The van der Waals surface area contributed by atoms with Crippen molar-refractivity contribution in [1.82, 2.24) is 9.97 Å². The van der Waals surface area contributed by atoms with Gasteiger partial charge in [0.25, 0.3) is 0 Å². The molecule has 0 aliphatic heterocycles. The van der Waals surface area contributed by atoms with Crippen LogP contribution in [-0.4, -0.2) is 15.9 Å². The fourth-order valence-corrected chi connectivity index (χ4v) is 1.61. The number of rotatable bonds is 3. The van der Waals surface area contributed by atoms with Gasteiger partial charge in [-0.1, -0.05) is 30.3 Å². The summed E-state index contributed by atoms with van der Waals surface area (Å²) in [5.41, 5.74) is 0.332. The van der Waals surface area contributed by atoms with Crippen LogP contribution in [0, 0.1) is 0 Å². The van der Waals surface area contributed by atoms with Gasteiger partial charge in [-0.05, 0) is 25.5 Å². The van der Waals surface area contributed by atoms with E-state index >= 15 is 0 Å². The zero-order valence-corrected chi connectivity index (χ0v) is 10.4. The van der Waals surface area contributed by atoms with Crippen LogP contribution >= 0.6 is 0 Å². The quantitative estimate of drug-likeness (QED) is 0.897. The Hall–Kier alpha value is -2.23. The first kappa shape index (κ1) is 12.2. The van der Waals surface area contributed by atoms with Crippen molar-refractivity contribution in [2.24, 2.45) is 0 Å². The highest BCUT2D eigenvalue weighted by Gasteiger charge is 2.29. The van der Waals surface area contributed by atoms with Gasteiger partial charge in [0.15, 0.2) is 0 Å². The Labute approximate surface area is 106 Å². The lowest BCUT2D eigenvalue weighted by atomic mass is 9.84. The van der Waals surface area contributed by atoms with E-state index in [0.717, 1.165) is 5.56 Å². The second-order valence-corrected chi connectivity index (χ2v) is 4.52. The highest BCUT2D eigenvalue weighted by atomic mass is 16.2. The number of carbonyl (C=O) groups is 1.